The zero-order valence-corrected chi connectivity index (χ0v) is 17.8. The lowest BCUT2D eigenvalue weighted by Gasteiger charge is -1.99. The lowest BCUT2D eigenvalue weighted by molar-refractivity contribution is -0.137. The Bertz CT molecular complexity index is 444. The Labute approximate surface area is 168 Å². The fraction of sp³-hybridized carbons (Fsp3) is 0.800. The van der Waals surface area contributed by atoms with Crippen molar-refractivity contribution in [2.45, 2.75) is 129 Å². The summed E-state index contributed by atoms with van der Waals surface area (Å²) in [6.45, 7) is 2.21. The molecule has 0 aliphatic carbocycles. The minimum absolute atomic E-state index is 0.319. The highest BCUT2D eigenvalue weighted by Gasteiger charge is 1.96. The summed E-state index contributed by atoms with van der Waals surface area (Å²) in [7, 11) is 0. The van der Waals surface area contributed by atoms with E-state index in [0.717, 1.165) is 44.9 Å². The summed E-state index contributed by atoms with van der Waals surface area (Å²) < 4.78 is 0. The normalized spacial score (nSPS) is 9.96. The van der Waals surface area contributed by atoms with Gasteiger partial charge in [0, 0.05) is 32.1 Å². The highest BCUT2D eigenvalue weighted by Crippen LogP contribution is 2.09. The summed E-state index contributed by atoms with van der Waals surface area (Å²) in [5.74, 6) is 12.5. The summed E-state index contributed by atoms with van der Waals surface area (Å²) in [4.78, 5) is 10.4. The van der Waals surface area contributed by atoms with Crippen LogP contribution in [0.4, 0.5) is 0 Å². The molecule has 0 spiro atoms. The largest absolute Gasteiger partial charge is 0.481 e. The highest BCUT2D eigenvalue weighted by atomic mass is 16.4. The first kappa shape index (κ1) is 25.6. The molecule has 0 amide bonds. The van der Waals surface area contributed by atoms with Crippen molar-refractivity contribution in [3.8, 4) is 23.7 Å². The number of rotatable bonds is 17. The van der Waals surface area contributed by atoms with Gasteiger partial charge in [-0.05, 0) is 32.1 Å². The lowest BCUT2D eigenvalue weighted by Crippen LogP contribution is -1.93. The van der Waals surface area contributed by atoms with E-state index >= 15 is 0 Å². The van der Waals surface area contributed by atoms with Crippen LogP contribution in [-0.2, 0) is 4.79 Å². The number of unbranched alkanes of at least 4 members (excludes halogenated alkanes) is 15. The number of aliphatic carboxylic acids is 1. The molecule has 0 unspecified atom stereocenters. The Morgan fingerprint density at radius 1 is 0.556 bits per heavy atom. The van der Waals surface area contributed by atoms with Crippen molar-refractivity contribution < 1.29 is 9.90 Å². The van der Waals surface area contributed by atoms with Crippen molar-refractivity contribution in [2.24, 2.45) is 0 Å². The van der Waals surface area contributed by atoms with Gasteiger partial charge in [-0.15, -0.1) is 23.7 Å². The van der Waals surface area contributed by atoms with E-state index in [1.165, 1.54) is 70.6 Å². The molecule has 0 heterocycles. The molecule has 0 atom stereocenters. The van der Waals surface area contributed by atoms with Crippen LogP contribution in [0.5, 0.6) is 0 Å². The van der Waals surface area contributed by atoms with Crippen LogP contribution in [-0.4, -0.2) is 11.1 Å². The Balaban J connectivity index is 3.17. The molecule has 0 saturated heterocycles. The second kappa shape index (κ2) is 22.6. The molecular weight excluding hydrogens is 332 g/mol. The van der Waals surface area contributed by atoms with Crippen LogP contribution in [0.15, 0.2) is 0 Å². The van der Waals surface area contributed by atoms with Crippen molar-refractivity contribution in [3.05, 3.63) is 0 Å². The van der Waals surface area contributed by atoms with Gasteiger partial charge in [0.25, 0.3) is 0 Å². The van der Waals surface area contributed by atoms with Gasteiger partial charge in [-0.2, -0.15) is 0 Å². The van der Waals surface area contributed by atoms with Gasteiger partial charge in [-0.1, -0.05) is 64.7 Å². The Hall–Kier alpha value is -1.41. The fourth-order valence-corrected chi connectivity index (χ4v) is 2.95. The summed E-state index contributed by atoms with van der Waals surface area (Å²) in [5, 5.41) is 8.56. The van der Waals surface area contributed by atoms with Crippen molar-refractivity contribution in [1.82, 2.24) is 0 Å². The molecule has 0 saturated carbocycles. The summed E-state index contributed by atoms with van der Waals surface area (Å²) in [6, 6.07) is 0. The number of carboxylic acids is 1. The van der Waals surface area contributed by atoms with Gasteiger partial charge in [0.1, 0.15) is 0 Å². The summed E-state index contributed by atoms with van der Waals surface area (Å²) in [6.07, 6.45) is 21.5. The molecule has 1 N–H and O–H groups in total. The van der Waals surface area contributed by atoms with Crippen LogP contribution in [0, 0.1) is 23.7 Å². The monoisotopic (exact) mass is 374 g/mol. The molecule has 0 aromatic rings. The molecule has 154 valence electrons. The van der Waals surface area contributed by atoms with E-state index in [4.69, 9.17) is 5.11 Å². The molecule has 2 nitrogen and oxygen atoms in total. The van der Waals surface area contributed by atoms with Crippen LogP contribution in [0.1, 0.15) is 129 Å². The smallest absolute Gasteiger partial charge is 0.303 e. The van der Waals surface area contributed by atoms with E-state index in [2.05, 4.69) is 30.6 Å². The third-order valence-corrected chi connectivity index (χ3v) is 4.70. The zero-order chi connectivity index (χ0) is 19.8. The van der Waals surface area contributed by atoms with Crippen molar-refractivity contribution in [3.63, 3.8) is 0 Å². The Kier molecular flexibility index (Phi) is 21.4. The van der Waals surface area contributed by atoms with Crippen molar-refractivity contribution in [2.75, 3.05) is 0 Å². The quantitative estimate of drug-likeness (QED) is 0.211. The summed E-state index contributed by atoms with van der Waals surface area (Å²) in [5.41, 5.74) is 0. The van der Waals surface area contributed by atoms with E-state index in [1.807, 2.05) is 0 Å². The molecule has 27 heavy (non-hydrogen) atoms. The van der Waals surface area contributed by atoms with Gasteiger partial charge < -0.3 is 5.11 Å². The van der Waals surface area contributed by atoms with Gasteiger partial charge in [-0.3, -0.25) is 4.79 Å². The third kappa shape index (κ3) is 24.6. The zero-order valence-electron chi connectivity index (χ0n) is 17.8. The van der Waals surface area contributed by atoms with Gasteiger partial charge in [0.15, 0.2) is 0 Å². The molecule has 0 radical (unpaired) electrons. The van der Waals surface area contributed by atoms with E-state index in [-0.39, 0.29) is 0 Å². The van der Waals surface area contributed by atoms with E-state index in [0.29, 0.717) is 6.42 Å². The van der Waals surface area contributed by atoms with Crippen LogP contribution in [0.3, 0.4) is 0 Å². The Morgan fingerprint density at radius 3 is 1.26 bits per heavy atom. The van der Waals surface area contributed by atoms with Gasteiger partial charge in [0.05, 0.1) is 0 Å². The predicted octanol–water partition coefficient (Wildman–Crippen LogP) is 7.51. The first-order chi connectivity index (χ1) is 13.3. The standard InChI is InChI=1S/C25H42O2/c1-2-3-4-5-6-7-8-9-10-11-12-13-14-15-16-17-18-19-20-21-22-23-24-25(26)27/h2-4,7-14,17-24H2,1H3,(H,26,27). The van der Waals surface area contributed by atoms with Crippen molar-refractivity contribution >= 4 is 5.97 Å². The molecule has 0 aromatic carbocycles. The maximum Gasteiger partial charge on any atom is 0.303 e. The van der Waals surface area contributed by atoms with Crippen molar-refractivity contribution in [1.29, 1.82) is 0 Å². The SMILES string of the molecule is CCCCC#CCCCCCCCCC#CCCCCCCCCC(=O)O. The van der Waals surface area contributed by atoms with Crippen LogP contribution < -0.4 is 0 Å². The summed E-state index contributed by atoms with van der Waals surface area (Å²) >= 11 is 0. The predicted molar refractivity (Wildman–Crippen MR) is 117 cm³/mol. The van der Waals surface area contributed by atoms with Crippen LogP contribution >= 0.6 is 0 Å². The minimum Gasteiger partial charge on any atom is -0.481 e. The van der Waals surface area contributed by atoms with Gasteiger partial charge >= 0.3 is 5.97 Å². The lowest BCUT2D eigenvalue weighted by atomic mass is 10.1. The van der Waals surface area contributed by atoms with Crippen LogP contribution in [0.2, 0.25) is 0 Å². The van der Waals surface area contributed by atoms with Crippen LogP contribution in [0.25, 0.3) is 0 Å². The molecular formula is C25H42O2. The molecule has 0 aliphatic rings. The topological polar surface area (TPSA) is 37.3 Å². The van der Waals surface area contributed by atoms with Gasteiger partial charge in [-0.25, -0.2) is 0 Å². The number of carbonyl (C=O) groups is 1. The fourth-order valence-electron chi connectivity index (χ4n) is 2.95. The molecule has 0 aliphatic heterocycles. The maximum absolute atomic E-state index is 10.4. The second-order valence-electron chi connectivity index (χ2n) is 7.45. The molecule has 0 bridgehead atoms. The molecule has 0 rings (SSSR count). The molecule has 0 fully saturated rings. The first-order valence-electron chi connectivity index (χ1n) is 11.4. The van der Waals surface area contributed by atoms with Gasteiger partial charge in [0.2, 0.25) is 0 Å². The maximum atomic E-state index is 10.4. The third-order valence-electron chi connectivity index (χ3n) is 4.70. The number of hydrogen-bond acceptors (Lipinski definition) is 1. The van der Waals surface area contributed by atoms with E-state index < -0.39 is 5.97 Å². The highest BCUT2D eigenvalue weighted by molar-refractivity contribution is 5.66. The average Bonchev–Trinajstić information content (AvgIpc) is 2.65. The number of carboxylic acid groups (broad SMARTS) is 1. The first-order valence-corrected chi connectivity index (χ1v) is 11.4. The average molecular weight is 375 g/mol. The molecule has 0 aromatic heterocycles. The minimum atomic E-state index is -0.673. The second-order valence-corrected chi connectivity index (χ2v) is 7.45. The van der Waals surface area contributed by atoms with E-state index in [9.17, 15) is 4.79 Å². The molecule has 2 heteroatoms. The van der Waals surface area contributed by atoms with E-state index in [1.54, 1.807) is 0 Å². The number of hydrogen-bond donors (Lipinski definition) is 1. The Morgan fingerprint density at radius 2 is 0.889 bits per heavy atom.